The smallest absolute Gasteiger partial charge is 0.258 e. The second kappa shape index (κ2) is 5.19. The molecule has 102 valence electrons. The number of fused-ring (bicyclic) bond motifs is 2. The van der Waals surface area contributed by atoms with Crippen molar-refractivity contribution in [2.24, 2.45) is 11.8 Å². The first-order chi connectivity index (χ1) is 9.22. The van der Waals surface area contributed by atoms with Crippen molar-refractivity contribution >= 4 is 5.91 Å². The average Bonchev–Trinajstić information content (AvgIpc) is 3.00. The molecule has 0 heterocycles. The summed E-state index contributed by atoms with van der Waals surface area (Å²) < 4.78 is 18.5. The molecule has 1 N–H and O–H groups in total. The minimum atomic E-state index is -0.435. The largest absolute Gasteiger partial charge is 0.481 e. The number of hydrogen-bond acceptors (Lipinski definition) is 2. The van der Waals surface area contributed by atoms with Crippen LogP contribution in [-0.4, -0.2) is 18.6 Å². The first-order valence-electron chi connectivity index (χ1n) is 6.89. The molecule has 2 saturated carbocycles. The third kappa shape index (κ3) is 2.72. The van der Waals surface area contributed by atoms with E-state index in [4.69, 9.17) is 4.74 Å². The lowest BCUT2D eigenvalue weighted by molar-refractivity contribution is -0.124. The summed E-state index contributed by atoms with van der Waals surface area (Å²) in [6.07, 6.45) is 4.88. The number of para-hydroxylation sites is 1. The molecule has 3 rings (SSSR count). The van der Waals surface area contributed by atoms with Crippen molar-refractivity contribution in [1.29, 1.82) is 0 Å². The van der Waals surface area contributed by atoms with Crippen LogP contribution in [0.5, 0.6) is 5.75 Å². The number of rotatable bonds is 4. The van der Waals surface area contributed by atoms with Crippen LogP contribution in [0.25, 0.3) is 0 Å². The molecular formula is C15H18FNO2. The van der Waals surface area contributed by atoms with Gasteiger partial charge in [0.2, 0.25) is 0 Å². The van der Waals surface area contributed by atoms with E-state index in [1.165, 1.54) is 31.4 Å². The zero-order chi connectivity index (χ0) is 13.2. The number of carbonyl (C=O) groups excluding carboxylic acids is 1. The number of benzene rings is 1. The molecule has 0 unspecified atom stereocenters. The maximum atomic E-state index is 13.3. The molecule has 1 aromatic rings. The summed E-state index contributed by atoms with van der Waals surface area (Å²) >= 11 is 0. The van der Waals surface area contributed by atoms with Crippen LogP contribution in [0.2, 0.25) is 0 Å². The number of amides is 1. The van der Waals surface area contributed by atoms with Gasteiger partial charge < -0.3 is 10.1 Å². The van der Waals surface area contributed by atoms with Crippen molar-refractivity contribution in [2.45, 2.75) is 31.7 Å². The lowest BCUT2D eigenvalue weighted by Crippen LogP contribution is -2.40. The van der Waals surface area contributed by atoms with Crippen LogP contribution >= 0.6 is 0 Å². The maximum Gasteiger partial charge on any atom is 0.258 e. The van der Waals surface area contributed by atoms with Crippen molar-refractivity contribution in [2.75, 3.05) is 6.61 Å². The standard InChI is InChI=1S/C15H18FNO2/c16-12-3-1-2-4-14(12)19-9-15(18)17-13-8-10-5-6-11(13)7-10/h1-4,10-11,13H,5-9H2,(H,17,18)/t10-,11+,13+/m0/s1. The van der Waals surface area contributed by atoms with E-state index in [0.29, 0.717) is 12.0 Å². The van der Waals surface area contributed by atoms with Crippen LogP contribution < -0.4 is 10.1 Å². The van der Waals surface area contributed by atoms with Crippen LogP contribution in [-0.2, 0) is 4.79 Å². The molecule has 2 bridgehead atoms. The van der Waals surface area contributed by atoms with E-state index < -0.39 is 5.82 Å². The van der Waals surface area contributed by atoms with Gasteiger partial charge in [-0.3, -0.25) is 4.79 Å². The van der Waals surface area contributed by atoms with Crippen molar-refractivity contribution in [1.82, 2.24) is 5.32 Å². The summed E-state index contributed by atoms with van der Waals surface area (Å²) in [5.74, 6) is 0.979. The molecule has 2 fully saturated rings. The molecular weight excluding hydrogens is 245 g/mol. The molecule has 0 radical (unpaired) electrons. The highest BCUT2D eigenvalue weighted by atomic mass is 19.1. The van der Waals surface area contributed by atoms with E-state index in [9.17, 15) is 9.18 Å². The Labute approximate surface area is 112 Å². The molecule has 2 aliphatic carbocycles. The Morgan fingerprint density at radius 3 is 2.84 bits per heavy atom. The normalized spacial score (nSPS) is 28.4. The van der Waals surface area contributed by atoms with Gasteiger partial charge in [0.1, 0.15) is 0 Å². The average molecular weight is 263 g/mol. The first kappa shape index (κ1) is 12.5. The summed E-state index contributed by atoms with van der Waals surface area (Å²) in [5.41, 5.74) is 0. The Morgan fingerprint density at radius 2 is 2.16 bits per heavy atom. The Balaban J connectivity index is 1.48. The molecule has 0 saturated heterocycles. The third-order valence-corrected chi connectivity index (χ3v) is 4.28. The van der Waals surface area contributed by atoms with E-state index >= 15 is 0 Å². The Kier molecular flexibility index (Phi) is 3.40. The second-order valence-corrected chi connectivity index (χ2v) is 5.57. The van der Waals surface area contributed by atoms with Crippen LogP contribution in [0.1, 0.15) is 25.7 Å². The molecule has 0 aliphatic heterocycles. The van der Waals surface area contributed by atoms with Crippen LogP contribution in [0.3, 0.4) is 0 Å². The van der Waals surface area contributed by atoms with E-state index in [-0.39, 0.29) is 18.3 Å². The van der Waals surface area contributed by atoms with Gasteiger partial charge in [-0.1, -0.05) is 18.6 Å². The number of halogens is 1. The van der Waals surface area contributed by atoms with Crippen LogP contribution in [0.4, 0.5) is 4.39 Å². The first-order valence-corrected chi connectivity index (χ1v) is 6.89. The fraction of sp³-hybridized carbons (Fsp3) is 0.533. The van der Waals surface area contributed by atoms with Crippen LogP contribution in [0.15, 0.2) is 24.3 Å². The third-order valence-electron chi connectivity index (χ3n) is 4.28. The fourth-order valence-corrected chi connectivity index (χ4v) is 3.38. The minimum absolute atomic E-state index is 0.116. The number of hydrogen-bond donors (Lipinski definition) is 1. The molecule has 0 aromatic heterocycles. The zero-order valence-electron chi connectivity index (χ0n) is 10.8. The van der Waals surface area contributed by atoms with E-state index in [1.807, 2.05) is 0 Å². The summed E-state index contributed by atoms with van der Waals surface area (Å²) in [4.78, 5) is 11.8. The highest BCUT2D eigenvalue weighted by Crippen LogP contribution is 2.44. The second-order valence-electron chi connectivity index (χ2n) is 5.57. The van der Waals surface area contributed by atoms with Crippen molar-refractivity contribution in [3.63, 3.8) is 0 Å². The van der Waals surface area contributed by atoms with Gasteiger partial charge in [-0.05, 0) is 43.2 Å². The number of ether oxygens (including phenoxy) is 1. The monoisotopic (exact) mass is 263 g/mol. The molecule has 4 heteroatoms. The zero-order valence-corrected chi connectivity index (χ0v) is 10.8. The van der Waals surface area contributed by atoms with Gasteiger partial charge in [-0.15, -0.1) is 0 Å². The summed E-state index contributed by atoms with van der Waals surface area (Å²) in [5, 5.41) is 3.01. The van der Waals surface area contributed by atoms with Gasteiger partial charge in [0.25, 0.3) is 5.91 Å². The van der Waals surface area contributed by atoms with Gasteiger partial charge in [0.15, 0.2) is 18.2 Å². The van der Waals surface area contributed by atoms with Gasteiger partial charge in [-0.25, -0.2) is 4.39 Å². The van der Waals surface area contributed by atoms with Crippen molar-refractivity contribution < 1.29 is 13.9 Å². The van der Waals surface area contributed by atoms with E-state index in [2.05, 4.69) is 5.32 Å². The van der Waals surface area contributed by atoms with Crippen molar-refractivity contribution in [3.8, 4) is 5.75 Å². The Hall–Kier alpha value is -1.58. The Morgan fingerprint density at radius 1 is 1.32 bits per heavy atom. The Bertz CT molecular complexity index is 477. The predicted octanol–water partition coefficient (Wildman–Crippen LogP) is 2.51. The van der Waals surface area contributed by atoms with E-state index in [0.717, 1.165) is 12.3 Å². The molecule has 0 spiro atoms. The molecule has 2 aliphatic rings. The predicted molar refractivity (Wildman–Crippen MR) is 69.3 cm³/mol. The summed E-state index contributed by atoms with van der Waals surface area (Å²) in [6.45, 7) is -0.116. The van der Waals surface area contributed by atoms with Crippen LogP contribution in [0, 0.1) is 17.7 Å². The topological polar surface area (TPSA) is 38.3 Å². The quantitative estimate of drug-likeness (QED) is 0.906. The lowest BCUT2D eigenvalue weighted by atomic mass is 9.95. The maximum absolute atomic E-state index is 13.3. The van der Waals surface area contributed by atoms with Gasteiger partial charge in [0.05, 0.1) is 0 Å². The number of nitrogens with one attached hydrogen (secondary N) is 1. The molecule has 19 heavy (non-hydrogen) atoms. The van der Waals surface area contributed by atoms with Gasteiger partial charge in [0, 0.05) is 6.04 Å². The van der Waals surface area contributed by atoms with Gasteiger partial charge in [-0.2, -0.15) is 0 Å². The molecule has 1 amide bonds. The summed E-state index contributed by atoms with van der Waals surface area (Å²) in [6, 6.07) is 6.43. The number of carbonyl (C=O) groups is 1. The van der Waals surface area contributed by atoms with Crippen molar-refractivity contribution in [3.05, 3.63) is 30.1 Å². The minimum Gasteiger partial charge on any atom is -0.481 e. The lowest BCUT2D eigenvalue weighted by Gasteiger charge is -2.22. The SMILES string of the molecule is O=C(COc1ccccc1F)N[C@@H]1C[C@H]2CC[C@@H]1C2. The molecule has 1 aromatic carbocycles. The van der Waals surface area contributed by atoms with E-state index in [1.54, 1.807) is 12.1 Å². The summed E-state index contributed by atoms with van der Waals surface area (Å²) in [7, 11) is 0. The fourth-order valence-electron chi connectivity index (χ4n) is 3.38. The molecule has 3 nitrogen and oxygen atoms in total. The molecule has 3 atom stereocenters. The highest BCUT2D eigenvalue weighted by Gasteiger charge is 2.40. The van der Waals surface area contributed by atoms with Gasteiger partial charge >= 0.3 is 0 Å². The highest BCUT2D eigenvalue weighted by molar-refractivity contribution is 5.78.